The highest BCUT2D eigenvalue weighted by Gasteiger charge is 2.17. The maximum absolute atomic E-state index is 8.61. The SMILES string of the molecule is [2H]c1c([2H])c([2H])c(-c2nc(-n3c4ccccc4c4cc5ccccc5cc43)nc3ccccc23)c([2H])c1[2H]. The van der Waals surface area contributed by atoms with E-state index in [0.29, 0.717) is 22.5 Å². The lowest BCUT2D eigenvalue weighted by atomic mass is 10.1. The van der Waals surface area contributed by atoms with E-state index in [9.17, 15) is 0 Å². The summed E-state index contributed by atoms with van der Waals surface area (Å²) in [6, 6.07) is 26.1. The molecule has 0 radical (unpaired) electrons. The summed E-state index contributed by atoms with van der Waals surface area (Å²) in [4.78, 5) is 9.82. The predicted molar refractivity (Wildman–Crippen MR) is 137 cm³/mol. The van der Waals surface area contributed by atoms with Gasteiger partial charge in [-0.15, -0.1) is 0 Å². The molecule has 2 heterocycles. The number of aromatic nitrogens is 3. The maximum Gasteiger partial charge on any atom is 0.235 e. The first-order valence-electron chi connectivity index (χ1n) is 13.2. The Kier molecular flexibility index (Phi) is 2.93. The summed E-state index contributed by atoms with van der Waals surface area (Å²) in [6.45, 7) is 0. The Bertz CT molecular complexity index is 2070. The fourth-order valence-electron chi connectivity index (χ4n) is 4.59. The van der Waals surface area contributed by atoms with Crippen molar-refractivity contribution >= 4 is 43.5 Å². The second kappa shape index (κ2) is 7.01. The molecule has 2 aromatic heterocycles. The third-order valence-corrected chi connectivity index (χ3v) is 6.07. The molecule has 7 aromatic rings. The van der Waals surface area contributed by atoms with E-state index in [1.165, 1.54) is 0 Å². The van der Waals surface area contributed by atoms with Crippen molar-refractivity contribution in [1.29, 1.82) is 0 Å². The Morgan fingerprint density at radius 2 is 1.30 bits per heavy atom. The Morgan fingerprint density at radius 3 is 2.15 bits per heavy atom. The molecule has 0 spiro atoms. The van der Waals surface area contributed by atoms with Crippen LogP contribution in [0.2, 0.25) is 0 Å². The number of fused-ring (bicyclic) bond motifs is 5. The minimum absolute atomic E-state index is 0.0575. The number of benzene rings is 5. The van der Waals surface area contributed by atoms with Gasteiger partial charge in [0.25, 0.3) is 0 Å². The number of rotatable bonds is 2. The quantitative estimate of drug-likeness (QED) is 0.286. The Labute approximate surface area is 197 Å². The number of hydrogen-bond acceptors (Lipinski definition) is 2. The molecule has 154 valence electrons. The fourth-order valence-corrected chi connectivity index (χ4v) is 4.59. The summed E-state index contributed by atoms with van der Waals surface area (Å²) in [6.07, 6.45) is 0. The molecule has 7 rings (SSSR count). The van der Waals surface area contributed by atoms with Crippen LogP contribution in [0.5, 0.6) is 0 Å². The van der Waals surface area contributed by atoms with Crippen molar-refractivity contribution in [3.05, 3.63) is 115 Å². The van der Waals surface area contributed by atoms with Crippen molar-refractivity contribution in [3.63, 3.8) is 0 Å². The molecule has 0 aliphatic heterocycles. The molecular formula is C30H19N3. The van der Waals surface area contributed by atoms with Crippen LogP contribution in [0.4, 0.5) is 0 Å². The lowest BCUT2D eigenvalue weighted by molar-refractivity contribution is 1.01. The number of hydrogen-bond donors (Lipinski definition) is 0. The number of nitrogens with zero attached hydrogens (tertiary/aromatic N) is 3. The van der Waals surface area contributed by atoms with E-state index in [2.05, 4.69) is 30.3 Å². The molecule has 0 aliphatic carbocycles. The first-order chi connectivity index (χ1) is 18.4. The minimum Gasteiger partial charge on any atom is -0.278 e. The standard InChI is InChI=1S/C30H19N3/c1-2-10-20(11-3-1)29-24-15-6-8-16-26(24)31-30(32-29)33-27-17-9-7-14-23(27)25-18-21-12-4-5-13-22(21)19-28(25)33/h1-19H/i1D,2D,3D,10D,11D. The van der Waals surface area contributed by atoms with Crippen molar-refractivity contribution < 1.29 is 6.85 Å². The molecule has 0 aliphatic rings. The van der Waals surface area contributed by atoms with Gasteiger partial charge in [0, 0.05) is 21.7 Å². The molecule has 33 heavy (non-hydrogen) atoms. The van der Waals surface area contributed by atoms with Gasteiger partial charge in [-0.3, -0.25) is 4.57 Å². The monoisotopic (exact) mass is 426 g/mol. The molecule has 0 saturated carbocycles. The lowest BCUT2D eigenvalue weighted by Gasteiger charge is -2.11. The molecule has 0 amide bonds. The lowest BCUT2D eigenvalue weighted by Crippen LogP contribution is -2.03. The molecule has 0 N–H and O–H groups in total. The molecule has 0 unspecified atom stereocenters. The van der Waals surface area contributed by atoms with E-state index in [4.69, 9.17) is 16.8 Å². The highest BCUT2D eigenvalue weighted by Crippen LogP contribution is 2.35. The fraction of sp³-hybridized carbons (Fsp3) is 0. The Hall–Kier alpha value is -4.50. The number of para-hydroxylation sites is 2. The summed E-state index contributed by atoms with van der Waals surface area (Å²) in [5, 5.41) is 4.92. The van der Waals surface area contributed by atoms with Crippen LogP contribution in [0, 0.1) is 0 Å². The van der Waals surface area contributed by atoms with E-state index in [-0.39, 0.29) is 17.6 Å². The normalized spacial score (nSPS) is 13.8. The van der Waals surface area contributed by atoms with Crippen molar-refractivity contribution in [2.24, 2.45) is 0 Å². The zero-order valence-corrected chi connectivity index (χ0v) is 17.4. The summed E-state index contributed by atoms with van der Waals surface area (Å²) >= 11 is 0. The summed E-state index contributed by atoms with van der Waals surface area (Å²) < 4.78 is 43.7. The second-order valence-corrected chi connectivity index (χ2v) is 7.96. The smallest absolute Gasteiger partial charge is 0.235 e. The maximum atomic E-state index is 8.61. The zero-order chi connectivity index (χ0) is 26.1. The van der Waals surface area contributed by atoms with Gasteiger partial charge in [-0.25, -0.2) is 9.97 Å². The first kappa shape index (κ1) is 13.8. The van der Waals surface area contributed by atoms with Crippen molar-refractivity contribution in [3.8, 4) is 17.2 Å². The molecule has 3 nitrogen and oxygen atoms in total. The van der Waals surface area contributed by atoms with Gasteiger partial charge in [0.1, 0.15) is 0 Å². The summed E-state index contributed by atoms with van der Waals surface area (Å²) in [5.41, 5.74) is 2.81. The minimum atomic E-state index is -0.434. The summed E-state index contributed by atoms with van der Waals surface area (Å²) in [7, 11) is 0. The van der Waals surface area contributed by atoms with Gasteiger partial charge < -0.3 is 0 Å². The topological polar surface area (TPSA) is 30.7 Å². The van der Waals surface area contributed by atoms with Crippen LogP contribution < -0.4 is 0 Å². The van der Waals surface area contributed by atoms with E-state index in [1.807, 2.05) is 59.2 Å². The van der Waals surface area contributed by atoms with Gasteiger partial charge in [-0.05, 0) is 35.0 Å². The summed E-state index contributed by atoms with van der Waals surface area (Å²) in [5.74, 6) is 0.368. The van der Waals surface area contributed by atoms with Crippen molar-refractivity contribution in [2.45, 2.75) is 0 Å². The molecule has 0 bridgehead atoms. The van der Waals surface area contributed by atoms with Gasteiger partial charge in [-0.1, -0.05) is 90.9 Å². The first-order valence-corrected chi connectivity index (χ1v) is 10.7. The molecule has 0 atom stereocenters. The van der Waals surface area contributed by atoms with Crippen LogP contribution >= 0.6 is 0 Å². The third-order valence-electron chi connectivity index (χ3n) is 6.07. The Morgan fingerprint density at radius 1 is 0.606 bits per heavy atom. The second-order valence-electron chi connectivity index (χ2n) is 7.96. The largest absolute Gasteiger partial charge is 0.278 e. The molecule has 3 heteroatoms. The van der Waals surface area contributed by atoms with Gasteiger partial charge >= 0.3 is 0 Å². The highest BCUT2D eigenvalue weighted by atomic mass is 15.2. The van der Waals surface area contributed by atoms with Gasteiger partial charge in [0.15, 0.2) is 0 Å². The highest BCUT2D eigenvalue weighted by molar-refractivity contribution is 6.13. The zero-order valence-electron chi connectivity index (χ0n) is 22.4. The van der Waals surface area contributed by atoms with Crippen LogP contribution in [-0.4, -0.2) is 14.5 Å². The molecule has 0 fully saturated rings. The molecular weight excluding hydrogens is 402 g/mol. The average Bonchev–Trinajstić information content (AvgIpc) is 3.27. The van der Waals surface area contributed by atoms with Gasteiger partial charge in [0.2, 0.25) is 5.95 Å². The average molecular weight is 427 g/mol. The Balaban J connectivity index is 1.64. The van der Waals surface area contributed by atoms with Crippen molar-refractivity contribution in [2.75, 3.05) is 0 Å². The van der Waals surface area contributed by atoms with Crippen LogP contribution in [0.1, 0.15) is 6.85 Å². The van der Waals surface area contributed by atoms with Crippen LogP contribution in [0.15, 0.2) is 115 Å². The van der Waals surface area contributed by atoms with Crippen LogP contribution in [-0.2, 0) is 0 Å². The van der Waals surface area contributed by atoms with Crippen molar-refractivity contribution in [1.82, 2.24) is 14.5 Å². The molecule has 5 aromatic carbocycles. The van der Waals surface area contributed by atoms with Crippen LogP contribution in [0.25, 0.3) is 60.7 Å². The van der Waals surface area contributed by atoms with Crippen LogP contribution in [0.3, 0.4) is 0 Å². The predicted octanol–water partition coefficient (Wildman–Crippen LogP) is 7.55. The van der Waals surface area contributed by atoms with E-state index in [0.717, 1.165) is 32.6 Å². The van der Waals surface area contributed by atoms with Gasteiger partial charge in [0.05, 0.1) is 29.1 Å². The van der Waals surface area contributed by atoms with E-state index in [1.54, 1.807) is 0 Å². The van der Waals surface area contributed by atoms with E-state index >= 15 is 0 Å². The van der Waals surface area contributed by atoms with E-state index < -0.39 is 18.1 Å². The third kappa shape index (κ3) is 2.76. The van der Waals surface area contributed by atoms with Gasteiger partial charge in [-0.2, -0.15) is 0 Å². The molecule has 0 saturated heterocycles.